The van der Waals surface area contributed by atoms with Crippen LogP contribution in [0.25, 0.3) is 0 Å². The molecule has 0 radical (unpaired) electrons. The van der Waals surface area contributed by atoms with Crippen LogP contribution in [0.3, 0.4) is 0 Å². The third-order valence-corrected chi connectivity index (χ3v) is 3.53. The Hall–Kier alpha value is -3.14. The van der Waals surface area contributed by atoms with Gasteiger partial charge in [0.15, 0.2) is 0 Å². The molecule has 2 aromatic carbocycles. The second kappa shape index (κ2) is 7.42. The summed E-state index contributed by atoms with van der Waals surface area (Å²) in [5.74, 6) is 0. The molecule has 0 amide bonds. The highest BCUT2D eigenvalue weighted by Crippen LogP contribution is 2.26. The lowest BCUT2D eigenvalue weighted by Crippen LogP contribution is -1.94. The first-order valence-corrected chi connectivity index (χ1v) is 7.85. The number of benzene rings is 2. The molecular weight excluding hydrogens is 296 g/mol. The molecule has 4 heteroatoms. The van der Waals surface area contributed by atoms with E-state index in [0.717, 1.165) is 33.9 Å². The Bertz CT molecular complexity index is 773. The lowest BCUT2D eigenvalue weighted by atomic mass is 10.2. The molecule has 0 atom stereocenters. The SMILES string of the molecule is C/C1=C\Nc2ccccc2N=C/C(C)=C/Nc2ccccc2N=C1. The Morgan fingerprint density at radius 1 is 0.625 bits per heavy atom. The fourth-order valence-electron chi connectivity index (χ4n) is 2.22. The number of anilines is 2. The first-order chi connectivity index (χ1) is 11.7. The van der Waals surface area contributed by atoms with Gasteiger partial charge in [-0.15, -0.1) is 0 Å². The van der Waals surface area contributed by atoms with Crippen LogP contribution in [0.15, 0.2) is 82.1 Å². The van der Waals surface area contributed by atoms with E-state index in [-0.39, 0.29) is 0 Å². The molecule has 0 unspecified atom stereocenters. The minimum absolute atomic E-state index is 0.892. The fourth-order valence-corrected chi connectivity index (χ4v) is 2.22. The van der Waals surface area contributed by atoms with Gasteiger partial charge in [-0.3, -0.25) is 9.98 Å². The fraction of sp³-hybridized carbons (Fsp3) is 0.100. The summed E-state index contributed by atoms with van der Waals surface area (Å²) >= 11 is 0. The normalized spacial score (nSPS) is 18.6. The van der Waals surface area contributed by atoms with Gasteiger partial charge < -0.3 is 10.6 Å². The minimum atomic E-state index is 0.892. The van der Waals surface area contributed by atoms with Gasteiger partial charge in [0.2, 0.25) is 0 Å². The number of aliphatic imine (C=N–C) groups is 2. The van der Waals surface area contributed by atoms with Crippen LogP contribution in [-0.4, -0.2) is 12.4 Å². The van der Waals surface area contributed by atoms with Crippen LogP contribution in [0.1, 0.15) is 13.8 Å². The molecule has 120 valence electrons. The molecule has 0 saturated heterocycles. The molecule has 2 aromatic rings. The highest BCUT2D eigenvalue weighted by Gasteiger charge is 2.00. The summed E-state index contributed by atoms with van der Waals surface area (Å²) in [6.07, 6.45) is 7.56. The molecule has 0 bridgehead atoms. The second-order valence-corrected chi connectivity index (χ2v) is 5.62. The number of allylic oxidation sites excluding steroid dienone is 2. The predicted octanol–water partition coefficient (Wildman–Crippen LogP) is 5.44. The zero-order chi connectivity index (χ0) is 16.8. The number of para-hydroxylation sites is 4. The highest BCUT2D eigenvalue weighted by molar-refractivity contribution is 5.86. The lowest BCUT2D eigenvalue weighted by Gasteiger charge is -2.08. The Labute approximate surface area is 142 Å². The van der Waals surface area contributed by atoms with E-state index in [2.05, 4.69) is 20.6 Å². The molecule has 0 aromatic heterocycles. The van der Waals surface area contributed by atoms with Gasteiger partial charge in [-0.05, 0) is 49.3 Å². The summed E-state index contributed by atoms with van der Waals surface area (Å²) in [5, 5.41) is 6.61. The Morgan fingerprint density at radius 3 is 1.50 bits per heavy atom. The number of nitrogens with one attached hydrogen (secondary N) is 2. The van der Waals surface area contributed by atoms with Crippen molar-refractivity contribution in [3.8, 4) is 0 Å². The molecule has 1 aliphatic rings. The molecule has 0 aliphatic carbocycles. The topological polar surface area (TPSA) is 48.8 Å². The quantitative estimate of drug-likeness (QED) is 0.680. The van der Waals surface area contributed by atoms with Gasteiger partial charge in [0.1, 0.15) is 0 Å². The molecule has 24 heavy (non-hydrogen) atoms. The molecule has 4 nitrogen and oxygen atoms in total. The van der Waals surface area contributed by atoms with E-state index in [9.17, 15) is 0 Å². The van der Waals surface area contributed by atoms with E-state index in [1.165, 1.54) is 0 Å². The maximum atomic E-state index is 4.58. The van der Waals surface area contributed by atoms with Crippen molar-refractivity contribution in [2.45, 2.75) is 13.8 Å². The first kappa shape index (κ1) is 15.7. The Balaban J connectivity index is 2.02. The Kier molecular flexibility index (Phi) is 4.87. The van der Waals surface area contributed by atoms with Crippen molar-refractivity contribution in [2.24, 2.45) is 9.98 Å². The molecule has 0 saturated carbocycles. The van der Waals surface area contributed by atoms with Crippen molar-refractivity contribution >= 4 is 35.2 Å². The van der Waals surface area contributed by atoms with Crippen LogP contribution in [0.2, 0.25) is 0 Å². The zero-order valence-electron chi connectivity index (χ0n) is 13.8. The van der Waals surface area contributed by atoms with Crippen LogP contribution in [0, 0.1) is 0 Å². The number of hydrogen-bond donors (Lipinski definition) is 2. The summed E-state index contributed by atoms with van der Waals surface area (Å²) in [5.41, 5.74) is 5.74. The smallest absolute Gasteiger partial charge is 0.0864 e. The van der Waals surface area contributed by atoms with E-state index in [4.69, 9.17) is 0 Å². The largest absolute Gasteiger partial charge is 0.360 e. The summed E-state index contributed by atoms with van der Waals surface area (Å²) in [4.78, 5) is 9.16. The number of rotatable bonds is 0. The van der Waals surface area contributed by atoms with Crippen LogP contribution >= 0.6 is 0 Å². The summed E-state index contributed by atoms with van der Waals surface area (Å²) in [6.45, 7) is 4.02. The van der Waals surface area contributed by atoms with Gasteiger partial charge in [-0.1, -0.05) is 24.3 Å². The van der Waals surface area contributed by atoms with E-state index in [1.807, 2.05) is 87.2 Å². The van der Waals surface area contributed by atoms with Gasteiger partial charge in [-0.2, -0.15) is 0 Å². The summed E-state index contributed by atoms with van der Waals surface area (Å²) < 4.78 is 0. The summed E-state index contributed by atoms with van der Waals surface area (Å²) in [6, 6.07) is 15.9. The third-order valence-electron chi connectivity index (χ3n) is 3.53. The molecule has 1 aliphatic heterocycles. The van der Waals surface area contributed by atoms with Crippen molar-refractivity contribution < 1.29 is 0 Å². The predicted molar refractivity (Wildman–Crippen MR) is 104 cm³/mol. The molecule has 3 rings (SSSR count). The van der Waals surface area contributed by atoms with Crippen molar-refractivity contribution in [3.63, 3.8) is 0 Å². The summed E-state index contributed by atoms with van der Waals surface area (Å²) in [7, 11) is 0. The second-order valence-electron chi connectivity index (χ2n) is 5.62. The minimum Gasteiger partial charge on any atom is -0.360 e. The van der Waals surface area contributed by atoms with Gasteiger partial charge in [-0.25, -0.2) is 0 Å². The van der Waals surface area contributed by atoms with Crippen molar-refractivity contribution in [1.29, 1.82) is 0 Å². The van der Waals surface area contributed by atoms with Crippen LogP contribution < -0.4 is 10.6 Å². The van der Waals surface area contributed by atoms with Crippen LogP contribution in [-0.2, 0) is 0 Å². The van der Waals surface area contributed by atoms with Gasteiger partial charge in [0.05, 0.1) is 22.7 Å². The first-order valence-electron chi connectivity index (χ1n) is 7.85. The third kappa shape index (κ3) is 3.98. The van der Waals surface area contributed by atoms with Crippen LogP contribution in [0.5, 0.6) is 0 Å². The van der Waals surface area contributed by atoms with Crippen LogP contribution in [0.4, 0.5) is 22.7 Å². The number of hydrogen-bond acceptors (Lipinski definition) is 4. The average molecular weight is 316 g/mol. The zero-order valence-corrected chi connectivity index (χ0v) is 13.8. The van der Waals surface area contributed by atoms with Gasteiger partial charge in [0.25, 0.3) is 0 Å². The molecule has 2 N–H and O–H groups in total. The maximum Gasteiger partial charge on any atom is 0.0864 e. The van der Waals surface area contributed by atoms with E-state index < -0.39 is 0 Å². The van der Waals surface area contributed by atoms with Crippen molar-refractivity contribution in [3.05, 3.63) is 72.1 Å². The monoisotopic (exact) mass is 316 g/mol. The highest BCUT2D eigenvalue weighted by atomic mass is 14.9. The maximum absolute atomic E-state index is 4.58. The molecular formula is C20H20N4. The standard InChI is InChI=1S/C20H20N4/c1-15-11-21-17-7-3-5-9-19(17)23-13-16(2)14-24-20-10-6-4-8-18(20)22-12-15/h3-14,21,24H,1-2H3/b15-11+,16-14+,22-12?,23-13?. The van der Waals surface area contributed by atoms with Crippen molar-refractivity contribution in [2.75, 3.05) is 10.6 Å². The molecule has 0 fully saturated rings. The van der Waals surface area contributed by atoms with Gasteiger partial charge >= 0.3 is 0 Å². The molecule has 0 spiro atoms. The van der Waals surface area contributed by atoms with E-state index in [0.29, 0.717) is 0 Å². The Morgan fingerprint density at radius 2 is 1.04 bits per heavy atom. The average Bonchev–Trinajstić information content (AvgIpc) is 2.62. The number of nitrogens with zero attached hydrogens (tertiary/aromatic N) is 2. The molecule has 1 heterocycles. The van der Waals surface area contributed by atoms with E-state index in [1.54, 1.807) is 0 Å². The van der Waals surface area contributed by atoms with E-state index >= 15 is 0 Å². The number of fused-ring (bicyclic) bond motifs is 2. The van der Waals surface area contributed by atoms with Crippen molar-refractivity contribution in [1.82, 2.24) is 0 Å². The lowest BCUT2D eigenvalue weighted by molar-refractivity contribution is 1.42. The van der Waals surface area contributed by atoms with Gasteiger partial charge in [0, 0.05) is 24.8 Å².